The predicted molar refractivity (Wildman–Crippen MR) is 63.4 cm³/mol. The Labute approximate surface area is 86.8 Å². The monoisotopic (exact) mass is 189 g/mol. The Bertz CT molecular complexity index is 272. The van der Waals surface area contributed by atoms with Gasteiger partial charge in [-0.15, -0.1) is 0 Å². The first-order chi connectivity index (χ1) is 6.72. The van der Waals surface area contributed by atoms with Gasteiger partial charge >= 0.3 is 0 Å². The lowest BCUT2D eigenvalue weighted by molar-refractivity contribution is 0.590. The van der Waals surface area contributed by atoms with E-state index in [1.807, 2.05) is 6.08 Å². The van der Waals surface area contributed by atoms with Crippen LogP contribution in [-0.2, 0) is 6.42 Å². The molecule has 0 aliphatic rings. The van der Waals surface area contributed by atoms with Gasteiger partial charge in [-0.1, -0.05) is 50.8 Å². The van der Waals surface area contributed by atoms with Crippen molar-refractivity contribution in [3.05, 3.63) is 42.0 Å². The molecule has 0 heterocycles. The highest BCUT2D eigenvalue weighted by Gasteiger charge is 1.94. The minimum absolute atomic E-state index is 0.572. The van der Waals surface area contributed by atoms with Gasteiger partial charge in [-0.3, -0.25) is 0 Å². The molecule has 0 saturated heterocycles. The molecule has 0 unspecified atom stereocenters. The topological polar surface area (TPSA) is 12.0 Å². The van der Waals surface area contributed by atoms with Crippen LogP contribution >= 0.6 is 0 Å². The standard InChI is InChI=1S/C13H19N/c1-4-12-5-7-13(8-6-12)9-10-14-11(2)3/h4-8,11,14H,1,9-10H2,2-3H3. The smallest absolute Gasteiger partial charge is 0.00105 e. The number of hydrogen-bond donors (Lipinski definition) is 1. The molecule has 1 rings (SSSR count). The van der Waals surface area contributed by atoms with E-state index in [4.69, 9.17) is 0 Å². The van der Waals surface area contributed by atoms with Gasteiger partial charge < -0.3 is 5.32 Å². The zero-order valence-corrected chi connectivity index (χ0v) is 9.09. The van der Waals surface area contributed by atoms with Crippen LogP contribution < -0.4 is 5.32 Å². The van der Waals surface area contributed by atoms with Crippen LogP contribution in [0.3, 0.4) is 0 Å². The molecule has 0 aliphatic carbocycles. The van der Waals surface area contributed by atoms with Crippen molar-refractivity contribution < 1.29 is 0 Å². The largest absolute Gasteiger partial charge is 0.314 e. The second-order valence-electron chi connectivity index (χ2n) is 3.80. The summed E-state index contributed by atoms with van der Waals surface area (Å²) in [6, 6.07) is 9.12. The molecule has 1 N–H and O–H groups in total. The summed E-state index contributed by atoms with van der Waals surface area (Å²) in [4.78, 5) is 0. The Hall–Kier alpha value is -1.08. The number of hydrogen-bond acceptors (Lipinski definition) is 1. The maximum absolute atomic E-state index is 3.73. The molecule has 0 radical (unpaired) electrons. The predicted octanol–water partition coefficient (Wildman–Crippen LogP) is 2.87. The molecule has 1 aromatic carbocycles. The van der Waals surface area contributed by atoms with Crippen LogP contribution in [0.4, 0.5) is 0 Å². The van der Waals surface area contributed by atoms with Crippen LogP contribution in [0, 0.1) is 0 Å². The zero-order chi connectivity index (χ0) is 10.4. The van der Waals surface area contributed by atoms with Crippen molar-refractivity contribution in [3.8, 4) is 0 Å². The summed E-state index contributed by atoms with van der Waals surface area (Å²) in [5, 5.41) is 3.40. The van der Waals surface area contributed by atoms with E-state index in [1.54, 1.807) is 0 Å². The molecular weight excluding hydrogens is 170 g/mol. The van der Waals surface area contributed by atoms with E-state index in [9.17, 15) is 0 Å². The number of rotatable bonds is 5. The summed E-state index contributed by atoms with van der Waals surface area (Å²) in [6.07, 6.45) is 2.96. The lowest BCUT2D eigenvalue weighted by Gasteiger charge is -2.07. The highest BCUT2D eigenvalue weighted by atomic mass is 14.9. The molecular formula is C13H19N. The molecule has 76 valence electrons. The van der Waals surface area contributed by atoms with Gasteiger partial charge in [-0.05, 0) is 24.1 Å². The quantitative estimate of drug-likeness (QED) is 0.751. The minimum atomic E-state index is 0.572. The maximum Gasteiger partial charge on any atom is 0.00105 e. The molecule has 0 spiro atoms. The van der Waals surface area contributed by atoms with Gasteiger partial charge in [-0.25, -0.2) is 0 Å². The van der Waals surface area contributed by atoms with Crippen LogP contribution in [0.15, 0.2) is 30.8 Å². The third kappa shape index (κ3) is 3.75. The van der Waals surface area contributed by atoms with Gasteiger partial charge in [0, 0.05) is 6.04 Å². The van der Waals surface area contributed by atoms with E-state index in [1.165, 1.54) is 11.1 Å². The Morgan fingerprint density at radius 1 is 1.29 bits per heavy atom. The lowest BCUT2D eigenvalue weighted by Crippen LogP contribution is -2.24. The summed E-state index contributed by atoms with van der Waals surface area (Å²) in [7, 11) is 0. The summed E-state index contributed by atoms with van der Waals surface area (Å²) in [5.41, 5.74) is 2.56. The molecule has 0 atom stereocenters. The number of benzene rings is 1. The average molecular weight is 189 g/mol. The van der Waals surface area contributed by atoms with Gasteiger partial charge in [0.25, 0.3) is 0 Å². The van der Waals surface area contributed by atoms with Crippen LogP contribution in [0.25, 0.3) is 6.08 Å². The van der Waals surface area contributed by atoms with Crippen LogP contribution in [0.5, 0.6) is 0 Å². The van der Waals surface area contributed by atoms with E-state index in [0.717, 1.165) is 13.0 Å². The van der Waals surface area contributed by atoms with Crippen molar-refractivity contribution in [2.24, 2.45) is 0 Å². The second kappa shape index (κ2) is 5.61. The third-order valence-corrected chi connectivity index (χ3v) is 2.18. The van der Waals surface area contributed by atoms with Crippen molar-refractivity contribution in [3.63, 3.8) is 0 Å². The third-order valence-electron chi connectivity index (χ3n) is 2.18. The SMILES string of the molecule is C=Cc1ccc(CCNC(C)C)cc1. The van der Waals surface area contributed by atoms with Crippen molar-refractivity contribution >= 4 is 6.08 Å². The first-order valence-electron chi connectivity index (χ1n) is 5.17. The van der Waals surface area contributed by atoms with Crippen LogP contribution in [0.2, 0.25) is 0 Å². The molecule has 0 amide bonds. The normalized spacial score (nSPS) is 10.5. The second-order valence-corrected chi connectivity index (χ2v) is 3.80. The van der Waals surface area contributed by atoms with E-state index in [2.05, 4.69) is 50.0 Å². The van der Waals surface area contributed by atoms with E-state index in [0.29, 0.717) is 6.04 Å². The average Bonchev–Trinajstić information content (AvgIpc) is 2.18. The summed E-state index contributed by atoms with van der Waals surface area (Å²) in [5.74, 6) is 0. The first kappa shape index (κ1) is 11.0. The lowest BCUT2D eigenvalue weighted by atomic mass is 10.1. The fourth-order valence-corrected chi connectivity index (χ4v) is 1.33. The summed E-state index contributed by atoms with van der Waals surface area (Å²) >= 11 is 0. The van der Waals surface area contributed by atoms with Gasteiger partial charge in [-0.2, -0.15) is 0 Å². The molecule has 1 heteroatoms. The minimum Gasteiger partial charge on any atom is -0.314 e. The molecule has 0 saturated carbocycles. The molecule has 0 aromatic heterocycles. The molecule has 1 nitrogen and oxygen atoms in total. The van der Waals surface area contributed by atoms with E-state index >= 15 is 0 Å². The Kier molecular flexibility index (Phi) is 4.41. The molecule has 1 aromatic rings. The van der Waals surface area contributed by atoms with Crippen molar-refractivity contribution in [2.75, 3.05) is 6.54 Å². The fraction of sp³-hybridized carbons (Fsp3) is 0.385. The highest BCUT2D eigenvalue weighted by molar-refractivity contribution is 5.47. The zero-order valence-electron chi connectivity index (χ0n) is 9.09. The Balaban J connectivity index is 2.40. The summed E-state index contributed by atoms with van der Waals surface area (Å²) < 4.78 is 0. The van der Waals surface area contributed by atoms with Gasteiger partial charge in [0.05, 0.1) is 0 Å². The molecule has 0 fully saturated rings. The van der Waals surface area contributed by atoms with Gasteiger partial charge in [0.2, 0.25) is 0 Å². The van der Waals surface area contributed by atoms with Gasteiger partial charge in [0.15, 0.2) is 0 Å². The molecule has 0 aliphatic heterocycles. The maximum atomic E-state index is 3.73. The Morgan fingerprint density at radius 2 is 1.93 bits per heavy atom. The summed E-state index contributed by atoms with van der Waals surface area (Å²) in [6.45, 7) is 9.12. The van der Waals surface area contributed by atoms with E-state index < -0.39 is 0 Å². The Morgan fingerprint density at radius 3 is 2.43 bits per heavy atom. The fourth-order valence-electron chi connectivity index (χ4n) is 1.33. The van der Waals surface area contributed by atoms with Crippen molar-refractivity contribution in [2.45, 2.75) is 26.3 Å². The van der Waals surface area contributed by atoms with E-state index in [-0.39, 0.29) is 0 Å². The van der Waals surface area contributed by atoms with Crippen molar-refractivity contribution in [1.29, 1.82) is 0 Å². The number of nitrogens with one attached hydrogen (secondary N) is 1. The molecule has 14 heavy (non-hydrogen) atoms. The van der Waals surface area contributed by atoms with Crippen LogP contribution in [-0.4, -0.2) is 12.6 Å². The van der Waals surface area contributed by atoms with Crippen LogP contribution in [0.1, 0.15) is 25.0 Å². The highest BCUT2D eigenvalue weighted by Crippen LogP contribution is 2.05. The first-order valence-corrected chi connectivity index (χ1v) is 5.17. The molecule has 0 bridgehead atoms. The van der Waals surface area contributed by atoms with Crippen molar-refractivity contribution in [1.82, 2.24) is 5.32 Å². The van der Waals surface area contributed by atoms with Gasteiger partial charge in [0.1, 0.15) is 0 Å².